The van der Waals surface area contributed by atoms with Crippen LogP contribution in [0, 0.1) is 0 Å². The first-order valence-corrected chi connectivity index (χ1v) is 8.06. The average Bonchev–Trinajstić information content (AvgIpc) is 2.57. The molecule has 0 spiro atoms. The fourth-order valence-corrected chi connectivity index (χ4v) is 2.47. The summed E-state index contributed by atoms with van der Waals surface area (Å²) in [6.07, 6.45) is 4.22. The predicted octanol–water partition coefficient (Wildman–Crippen LogP) is 3.97. The highest BCUT2D eigenvalue weighted by Crippen LogP contribution is 2.15. The largest absolute Gasteiger partial charge is 0.497 e. The first-order chi connectivity index (χ1) is 11.2. The molecule has 0 aliphatic rings. The molecule has 2 N–H and O–H groups in total. The van der Waals surface area contributed by atoms with E-state index >= 15 is 0 Å². The molecule has 0 aromatic heterocycles. The lowest BCUT2D eigenvalue weighted by Gasteiger charge is -2.06. The third kappa shape index (κ3) is 5.79. The Morgan fingerprint density at radius 1 is 1.17 bits per heavy atom. The van der Waals surface area contributed by atoms with Gasteiger partial charge < -0.3 is 15.4 Å². The van der Waals surface area contributed by atoms with Gasteiger partial charge in [0.2, 0.25) is 0 Å². The van der Waals surface area contributed by atoms with Gasteiger partial charge in [0.1, 0.15) is 5.75 Å². The summed E-state index contributed by atoms with van der Waals surface area (Å²) in [7, 11) is 1.63. The minimum Gasteiger partial charge on any atom is -0.497 e. The van der Waals surface area contributed by atoms with Gasteiger partial charge in [0.15, 0.2) is 0 Å². The molecule has 120 valence electrons. The molecule has 2 aromatic rings. The summed E-state index contributed by atoms with van der Waals surface area (Å²) in [6.45, 7) is 0.574. The number of carbonyl (C=O) groups is 1. The summed E-state index contributed by atoms with van der Waals surface area (Å²) in [4.78, 5) is 11.7. The maximum atomic E-state index is 11.7. The summed E-state index contributed by atoms with van der Waals surface area (Å²) in [6, 6.07) is 15.3. The van der Waals surface area contributed by atoms with E-state index in [2.05, 4.69) is 26.6 Å². The van der Waals surface area contributed by atoms with Crippen LogP contribution in [0.1, 0.15) is 11.1 Å². The molecular weight excluding hydrogens is 356 g/mol. The van der Waals surface area contributed by atoms with Crippen molar-refractivity contribution < 1.29 is 9.53 Å². The second-order valence-corrected chi connectivity index (χ2v) is 5.70. The first kappa shape index (κ1) is 17.1. The smallest absolute Gasteiger partial charge is 0.318 e. The standard InChI is InChI=1S/C18H19BrN2O2/c1-23-16-8-6-14(7-9-16)10-12-20-18(22)21-13-11-15-4-2-3-5-17(15)19/h2-10,12H,11,13H2,1H3,(H2,20,21,22)/b12-10+. The van der Waals surface area contributed by atoms with E-state index in [1.165, 1.54) is 5.56 Å². The van der Waals surface area contributed by atoms with Gasteiger partial charge >= 0.3 is 6.03 Å². The van der Waals surface area contributed by atoms with Crippen LogP contribution in [-0.2, 0) is 6.42 Å². The van der Waals surface area contributed by atoms with E-state index in [1.807, 2.05) is 54.6 Å². The molecule has 2 aromatic carbocycles. The molecule has 0 aliphatic heterocycles. The Labute approximate surface area is 144 Å². The number of ether oxygens (including phenoxy) is 1. The van der Waals surface area contributed by atoms with Gasteiger partial charge in [-0.3, -0.25) is 0 Å². The molecule has 0 saturated carbocycles. The van der Waals surface area contributed by atoms with E-state index in [4.69, 9.17) is 4.74 Å². The van der Waals surface area contributed by atoms with E-state index in [9.17, 15) is 4.79 Å². The van der Waals surface area contributed by atoms with Crippen LogP contribution in [0.15, 0.2) is 59.2 Å². The lowest BCUT2D eigenvalue weighted by atomic mass is 10.1. The van der Waals surface area contributed by atoms with E-state index in [-0.39, 0.29) is 6.03 Å². The summed E-state index contributed by atoms with van der Waals surface area (Å²) < 4.78 is 6.15. The van der Waals surface area contributed by atoms with E-state index in [1.54, 1.807) is 13.3 Å². The highest BCUT2D eigenvalue weighted by Gasteiger charge is 2.00. The van der Waals surface area contributed by atoms with Gasteiger partial charge in [0, 0.05) is 17.2 Å². The normalized spacial score (nSPS) is 10.5. The average molecular weight is 375 g/mol. The topological polar surface area (TPSA) is 50.4 Å². The van der Waals surface area contributed by atoms with Crippen molar-refractivity contribution in [2.75, 3.05) is 13.7 Å². The van der Waals surface area contributed by atoms with Gasteiger partial charge in [-0.2, -0.15) is 0 Å². The van der Waals surface area contributed by atoms with Crippen molar-refractivity contribution in [2.45, 2.75) is 6.42 Å². The summed E-state index contributed by atoms with van der Waals surface area (Å²) >= 11 is 3.49. The van der Waals surface area contributed by atoms with Crippen LogP contribution in [0.3, 0.4) is 0 Å². The van der Waals surface area contributed by atoms with Crippen molar-refractivity contribution in [1.82, 2.24) is 10.6 Å². The van der Waals surface area contributed by atoms with Crippen LogP contribution in [0.25, 0.3) is 6.08 Å². The number of hydrogen-bond donors (Lipinski definition) is 2. The Kier molecular flexibility index (Phi) is 6.69. The quantitative estimate of drug-likeness (QED) is 0.803. The Morgan fingerprint density at radius 3 is 2.61 bits per heavy atom. The zero-order valence-electron chi connectivity index (χ0n) is 12.9. The molecule has 0 bridgehead atoms. The third-order valence-corrected chi connectivity index (χ3v) is 4.02. The van der Waals surface area contributed by atoms with Crippen LogP contribution < -0.4 is 15.4 Å². The Balaban J connectivity index is 1.72. The van der Waals surface area contributed by atoms with E-state index < -0.39 is 0 Å². The summed E-state index contributed by atoms with van der Waals surface area (Å²) in [5.41, 5.74) is 2.15. The first-order valence-electron chi connectivity index (χ1n) is 7.27. The Hall–Kier alpha value is -2.27. The molecular formula is C18H19BrN2O2. The molecule has 0 radical (unpaired) electrons. The number of carbonyl (C=O) groups excluding carboxylic acids is 1. The second-order valence-electron chi connectivity index (χ2n) is 4.85. The molecule has 0 saturated heterocycles. The molecule has 0 atom stereocenters. The second kappa shape index (κ2) is 9.00. The summed E-state index contributed by atoms with van der Waals surface area (Å²) in [5.74, 6) is 0.805. The molecule has 0 heterocycles. The van der Waals surface area contributed by atoms with Crippen molar-refractivity contribution in [3.8, 4) is 5.75 Å². The molecule has 0 aliphatic carbocycles. The minimum atomic E-state index is -0.221. The number of nitrogens with one attached hydrogen (secondary N) is 2. The molecule has 2 rings (SSSR count). The number of urea groups is 1. The lowest BCUT2D eigenvalue weighted by molar-refractivity contribution is 0.244. The molecule has 23 heavy (non-hydrogen) atoms. The fourth-order valence-electron chi connectivity index (χ4n) is 1.99. The predicted molar refractivity (Wildman–Crippen MR) is 96.4 cm³/mol. The fraction of sp³-hybridized carbons (Fsp3) is 0.167. The monoisotopic (exact) mass is 374 g/mol. The van der Waals surface area contributed by atoms with Gasteiger partial charge in [0.05, 0.1) is 7.11 Å². The van der Waals surface area contributed by atoms with Crippen molar-refractivity contribution >= 4 is 28.0 Å². The van der Waals surface area contributed by atoms with E-state index in [0.717, 1.165) is 22.2 Å². The van der Waals surface area contributed by atoms with Gasteiger partial charge in [-0.05, 0) is 41.8 Å². The van der Waals surface area contributed by atoms with Crippen molar-refractivity contribution in [3.63, 3.8) is 0 Å². The number of hydrogen-bond acceptors (Lipinski definition) is 2. The van der Waals surface area contributed by atoms with Gasteiger partial charge in [-0.1, -0.05) is 46.3 Å². The van der Waals surface area contributed by atoms with Crippen LogP contribution >= 0.6 is 15.9 Å². The van der Waals surface area contributed by atoms with Gasteiger partial charge in [0.25, 0.3) is 0 Å². The highest BCUT2D eigenvalue weighted by molar-refractivity contribution is 9.10. The maximum absolute atomic E-state index is 11.7. The lowest BCUT2D eigenvalue weighted by Crippen LogP contribution is -2.33. The number of amides is 2. The molecule has 4 nitrogen and oxygen atoms in total. The summed E-state index contributed by atoms with van der Waals surface area (Å²) in [5, 5.41) is 5.51. The highest BCUT2D eigenvalue weighted by atomic mass is 79.9. The SMILES string of the molecule is COc1ccc(/C=C/NC(=O)NCCc2ccccc2Br)cc1. The van der Waals surface area contributed by atoms with Gasteiger partial charge in [-0.25, -0.2) is 4.79 Å². The van der Waals surface area contributed by atoms with Crippen LogP contribution in [0.2, 0.25) is 0 Å². The number of methoxy groups -OCH3 is 1. The Morgan fingerprint density at radius 2 is 1.91 bits per heavy atom. The molecule has 5 heteroatoms. The van der Waals surface area contributed by atoms with Crippen LogP contribution in [0.4, 0.5) is 4.79 Å². The van der Waals surface area contributed by atoms with E-state index in [0.29, 0.717) is 6.54 Å². The number of rotatable bonds is 6. The molecule has 0 unspecified atom stereocenters. The molecule has 2 amide bonds. The minimum absolute atomic E-state index is 0.221. The van der Waals surface area contributed by atoms with Crippen molar-refractivity contribution in [2.24, 2.45) is 0 Å². The third-order valence-electron chi connectivity index (χ3n) is 3.24. The molecule has 0 fully saturated rings. The van der Waals surface area contributed by atoms with Crippen LogP contribution in [-0.4, -0.2) is 19.7 Å². The van der Waals surface area contributed by atoms with Crippen molar-refractivity contribution in [1.29, 1.82) is 0 Å². The Bertz CT molecular complexity index is 669. The van der Waals surface area contributed by atoms with Gasteiger partial charge in [-0.15, -0.1) is 0 Å². The number of halogens is 1. The van der Waals surface area contributed by atoms with Crippen molar-refractivity contribution in [3.05, 3.63) is 70.3 Å². The maximum Gasteiger partial charge on any atom is 0.318 e. The number of benzene rings is 2. The zero-order valence-corrected chi connectivity index (χ0v) is 14.5. The zero-order chi connectivity index (χ0) is 16.5. The van der Waals surface area contributed by atoms with Crippen LogP contribution in [0.5, 0.6) is 5.75 Å².